The summed E-state index contributed by atoms with van der Waals surface area (Å²) in [5.74, 6) is -0.542. The van der Waals surface area contributed by atoms with E-state index in [1.807, 2.05) is 0 Å². The molecule has 0 aromatic heterocycles. The lowest BCUT2D eigenvalue weighted by molar-refractivity contribution is -0.127. The van der Waals surface area contributed by atoms with Crippen molar-refractivity contribution in [3.05, 3.63) is 59.9 Å². The Morgan fingerprint density at radius 1 is 1.08 bits per heavy atom. The van der Waals surface area contributed by atoms with Gasteiger partial charge in [-0.25, -0.2) is 4.39 Å². The average Bonchev–Trinajstić information content (AvgIpc) is 2.62. The molecule has 3 N–H and O–H groups in total. The molecule has 2 rings (SSSR count). The lowest BCUT2D eigenvalue weighted by Gasteiger charge is -2.16. The predicted octanol–water partition coefficient (Wildman–Crippen LogP) is 2.81. The van der Waals surface area contributed by atoms with E-state index in [1.54, 1.807) is 43.3 Å². The minimum Gasteiger partial charge on any atom is -0.481 e. The Morgan fingerprint density at radius 2 is 1.73 bits per heavy atom. The van der Waals surface area contributed by atoms with Gasteiger partial charge in [0.25, 0.3) is 5.91 Å². The number of halogens is 1. The zero-order chi connectivity index (χ0) is 19.1. The number of benzene rings is 2. The number of amides is 1. The summed E-state index contributed by atoms with van der Waals surface area (Å²) in [6.07, 6.45) is -0.818. The third-order valence-electron chi connectivity index (χ3n) is 3.36. The Bertz CT molecular complexity index is 812. The zero-order valence-corrected chi connectivity index (χ0v) is 15.0. The van der Waals surface area contributed by atoms with Gasteiger partial charge in [-0.1, -0.05) is 12.1 Å². The normalized spacial score (nSPS) is 11.2. The van der Waals surface area contributed by atoms with E-state index in [-0.39, 0.29) is 16.6 Å². The molecule has 0 saturated carbocycles. The number of para-hydroxylation sites is 1. The largest absolute Gasteiger partial charge is 0.481 e. The number of ether oxygens (including phenoxy) is 1. The first kappa shape index (κ1) is 19.3. The van der Waals surface area contributed by atoms with Crippen LogP contribution in [0.2, 0.25) is 0 Å². The zero-order valence-electron chi connectivity index (χ0n) is 14.2. The van der Waals surface area contributed by atoms with Crippen molar-refractivity contribution in [3.63, 3.8) is 0 Å². The van der Waals surface area contributed by atoms with E-state index in [1.165, 1.54) is 19.1 Å². The molecule has 0 saturated heterocycles. The number of anilines is 1. The molecule has 1 atom stereocenters. The molecule has 2 aromatic rings. The van der Waals surface area contributed by atoms with Crippen LogP contribution in [0.25, 0.3) is 0 Å². The highest BCUT2D eigenvalue weighted by Gasteiger charge is 2.15. The third-order valence-corrected chi connectivity index (χ3v) is 3.57. The van der Waals surface area contributed by atoms with Crippen LogP contribution in [0.3, 0.4) is 0 Å². The molecule has 26 heavy (non-hydrogen) atoms. The van der Waals surface area contributed by atoms with E-state index < -0.39 is 17.8 Å². The fourth-order valence-corrected chi connectivity index (χ4v) is 2.12. The molecule has 1 unspecified atom stereocenters. The van der Waals surface area contributed by atoms with Crippen LogP contribution < -0.4 is 20.9 Å². The van der Waals surface area contributed by atoms with Crippen molar-refractivity contribution >= 4 is 34.7 Å². The first-order chi connectivity index (χ1) is 12.4. The number of rotatable bonds is 5. The minimum absolute atomic E-state index is 0.0291. The van der Waals surface area contributed by atoms with Crippen LogP contribution >= 0.6 is 12.2 Å². The van der Waals surface area contributed by atoms with E-state index in [0.717, 1.165) is 0 Å². The van der Waals surface area contributed by atoms with Gasteiger partial charge in [-0.05, 0) is 62.5 Å². The summed E-state index contributed by atoms with van der Waals surface area (Å²) >= 11 is 4.99. The summed E-state index contributed by atoms with van der Waals surface area (Å²) in [5, 5.41) is 2.66. The van der Waals surface area contributed by atoms with Gasteiger partial charge in [-0.3, -0.25) is 20.4 Å². The summed E-state index contributed by atoms with van der Waals surface area (Å²) in [7, 11) is 0. The standard InChI is InChI=1S/C18H18FN3O3S/c1-11(23)13-7-9-14(10-8-13)25-12(2)17(24)21-22-18(26)20-16-6-4-3-5-15(16)19/h3-10,12H,1-2H3,(H,21,24)(H2,20,22,26). The molecule has 0 heterocycles. The molecule has 0 fully saturated rings. The molecule has 0 bridgehead atoms. The number of nitrogens with one attached hydrogen (secondary N) is 3. The summed E-state index contributed by atoms with van der Waals surface area (Å²) in [5.41, 5.74) is 5.60. The Kier molecular flexibility index (Phi) is 6.62. The number of ketones is 1. The lowest BCUT2D eigenvalue weighted by atomic mass is 10.1. The SMILES string of the molecule is CC(=O)c1ccc(OC(C)C(=O)NNC(=S)Nc2ccccc2F)cc1. The maximum atomic E-state index is 13.5. The van der Waals surface area contributed by atoms with Crippen molar-refractivity contribution in [3.8, 4) is 5.75 Å². The predicted molar refractivity (Wildman–Crippen MR) is 100 cm³/mol. The number of hydrazine groups is 1. The molecule has 0 spiro atoms. The Balaban J connectivity index is 1.82. The van der Waals surface area contributed by atoms with Gasteiger partial charge in [-0.15, -0.1) is 0 Å². The molecule has 0 radical (unpaired) electrons. The van der Waals surface area contributed by atoms with Crippen LogP contribution in [0.5, 0.6) is 5.75 Å². The third kappa shape index (κ3) is 5.52. The summed E-state index contributed by atoms with van der Waals surface area (Å²) in [6, 6.07) is 12.5. The van der Waals surface area contributed by atoms with E-state index in [0.29, 0.717) is 11.3 Å². The van der Waals surface area contributed by atoms with Crippen LogP contribution in [0.15, 0.2) is 48.5 Å². The monoisotopic (exact) mass is 375 g/mol. The van der Waals surface area contributed by atoms with Gasteiger partial charge in [0.1, 0.15) is 11.6 Å². The van der Waals surface area contributed by atoms with Crippen molar-refractivity contribution in [1.29, 1.82) is 0 Å². The number of hydrogen-bond acceptors (Lipinski definition) is 4. The van der Waals surface area contributed by atoms with Gasteiger partial charge in [0.05, 0.1) is 5.69 Å². The van der Waals surface area contributed by atoms with Gasteiger partial charge in [0.15, 0.2) is 17.0 Å². The van der Waals surface area contributed by atoms with Crippen molar-refractivity contribution in [1.82, 2.24) is 10.9 Å². The molecular formula is C18H18FN3O3S. The van der Waals surface area contributed by atoms with E-state index in [2.05, 4.69) is 16.2 Å². The molecule has 2 aromatic carbocycles. The van der Waals surface area contributed by atoms with E-state index >= 15 is 0 Å². The van der Waals surface area contributed by atoms with Crippen LogP contribution in [-0.4, -0.2) is 22.9 Å². The Labute approximate surface area is 155 Å². The maximum Gasteiger partial charge on any atom is 0.279 e. The van der Waals surface area contributed by atoms with Gasteiger partial charge >= 0.3 is 0 Å². The molecule has 136 valence electrons. The van der Waals surface area contributed by atoms with Gasteiger partial charge in [-0.2, -0.15) is 0 Å². The highest BCUT2D eigenvalue weighted by Crippen LogP contribution is 2.14. The average molecular weight is 375 g/mol. The lowest BCUT2D eigenvalue weighted by Crippen LogP contribution is -2.48. The molecule has 0 aliphatic heterocycles. The molecular weight excluding hydrogens is 357 g/mol. The summed E-state index contributed by atoms with van der Waals surface area (Å²) in [4.78, 5) is 23.3. The summed E-state index contributed by atoms with van der Waals surface area (Å²) in [6.45, 7) is 3.03. The number of thiocarbonyl (C=S) groups is 1. The van der Waals surface area contributed by atoms with Crippen LogP contribution in [-0.2, 0) is 4.79 Å². The number of hydrogen-bond donors (Lipinski definition) is 3. The topological polar surface area (TPSA) is 79.5 Å². The highest BCUT2D eigenvalue weighted by molar-refractivity contribution is 7.80. The Hall–Kier alpha value is -3.00. The first-order valence-electron chi connectivity index (χ1n) is 7.76. The second-order valence-corrected chi connectivity index (χ2v) is 5.80. The second-order valence-electron chi connectivity index (χ2n) is 5.39. The van der Waals surface area contributed by atoms with Gasteiger partial charge in [0, 0.05) is 5.56 Å². The minimum atomic E-state index is -0.818. The summed E-state index contributed by atoms with van der Waals surface area (Å²) < 4.78 is 19.0. The maximum absolute atomic E-state index is 13.5. The molecule has 1 amide bonds. The fraction of sp³-hybridized carbons (Fsp3) is 0.167. The quantitative estimate of drug-likeness (QED) is 0.424. The van der Waals surface area contributed by atoms with Crippen LogP contribution in [0.4, 0.5) is 10.1 Å². The first-order valence-corrected chi connectivity index (χ1v) is 8.16. The molecule has 6 nitrogen and oxygen atoms in total. The smallest absolute Gasteiger partial charge is 0.279 e. The highest BCUT2D eigenvalue weighted by atomic mass is 32.1. The van der Waals surface area contributed by atoms with E-state index in [4.69, 9.17) is 17.0 Å². The van der Waals surface area contributed by atoms with E-state index in [9.17, 15) is 14.0 Å². The van der Waals surface area contributed by atoms with Crippen LogP contribution in [0, 0.1) is 5.82 Å². The van der Waals surface area contributed by atoms with Crippen molar-refractivity contribution in [2.24, 2.45) is 0 Å². The molecule has 8 heteroatoms. The van der Waals surface area contributed by atoms with Crippen molar-refractivity contribution in [2.45, 2.75) is 20.0 Å². The molecule has 0 aliphatic carbocycles. The van der Waals surface area contributed by atoms with Crippen LogP contribution in [0.1, 0.15) is 24.2 Å². The molecule has 0 aliphatic rings. The van der Waals surface area contributed by atoms with Gasteiger partial charge in [0.2, 0.25) is 0 Å². The fourth-order valence-electron chi connectivity index (χ4n) is 1.96. The number of carbonyl (C=O) groups excluding carboxylic acids is 2. The van der Waals surface area contributed by atoms with Crippen molar-refractivity contribution < 1.29 is 18.7 Å². The second kappa shape index (κ2) is 8.91. The van der Waals surface area contributed by atoms with Gasteiger partial charge < -0.3 is 10.1 Å². The number of Topliss-reactive ketones (excluding diaryl/α,β-unsaturated/α-hetero) is 1. The van der Waals surface area contributed by atoms with Crippen molar-refractivity contribution in [2.75, 3.05) is 5.32 Å². The Morgan fingerprint density at radius 3 is 2.35 bits per heavy atom. The number of carbonyl (C=O) groups is 2.